The molecule has 1 aliphatic heterocycles. The van der Waals surface area contributed by atoms with Crippen molar-refractivity contribution in [1.82, 2.24) is 0 Å². The van der Waals surface area contributed by atoms with Crippen molar-refractivity contribution in [3.05, 3.63) is 75.5 Å². The van der Waals surface area contributed by atoms with Gasteiger partial charge in [0.05, 0.1) is 5.69 Å². The lowest BCUT2D eigenvalue weighted by atomic mass is 9.87. The highest BCUT2D eigenvalue weighted by molar-refractivity contribution is 7.15. The van der Waals surface area contributed by atoms with Crippen LogP contribution in [0, 0.1) is 0 Å². The van der Waals surface area contributed by atoms with Gasteiger partial charge < -0.3 is 10.4 Å². The minimum atomic E-state index is -0.971. The zero-order valence-electron chi connectivity index (χ0n) is 15.7. The van der Waals surface area contributed by atoms with Crippen molar-refractivity contribution in [2.45, 2.75) is 32.1 Å². The third-order valence-corrected chi connectivity index (χ3v) is 6.46. The van der Waals surface area contributed by atoms with Gasteiger partial charge in [0.15, 0.2) is 0 Å². The second-order valence-electron chi connectivity index (χ2n) is 7.34. The van der Waals surface area contributed by atoms with Crippen LogP contribution in [-0.4, -0.2) is 17.0 Å². The Morgan fingerprint density at radius 1 is 1.11 bits per heavy atom. The third kappa shape index (κ3) is 3.22. The largest absolute Gasteiger partial charge is 0.477 e. The molecular formula is C23H21NO3S. The molecule has 0 aliphatic carbocycles. The predicted octanol–water partition coefficient (Wildman–Crippen LogP) is 5.71. The molecule has 0 radical (unpaired) electrons. The zero-order chi connectivity index (χ0) is 19.8. The molecule has 0 saturated heterocycles. The van der Waals surface area contributed by atoms with Crippen molar-refractivity contribution >= 4 is 28.9 Å². The number of rotatable bonds is 4. The van der Waals surface area contributed by atoms with E-state index in [9.17, 15) is 14.7 Å². The summed E-state index contributed by atoms with van der Waals surface area (Å²) in [5.74, 6) is -0.756. The van der Waals surface area contributed by atoms with Crippen LogP contribution in [0.2, 0.25) is 0 Å². The molecule has 0 unspecified atom stereocenters. The van der Waals surface area contributed by atoms with Crippen molar-refractivity contribution in [1.29, 1.82) is 0 Å². The highest BCUT2D eigenvalue weighted by Crippen LogP contribution is 2.49. The number of carbonyl (C=O) groups excluding carboxylic acids is 1. The SMILES string of the molecule is CC(C)c1ccc([C@@H]2CC(=O)Nc3c2sc(C(=O)O)c3-c2ccccc2)cc1. The first kappa shape index (κ1) is 18.4. The van der Waals surface area contributed by atoms with Gasteiger partial charge in [-0.3, -0.25) is 4.79 Å². The number of carboxylic acid groups (broad SMARTS) is 1. The maximum absolute atomic E-state index is 12.5. The van der Waals surface area contributed by atoms with Crippen LogP contribution in [0.5, 0.6) is 0 Å². The first-order chi connectivity index (χ1) is 13.5. The summed E-state index contributed by atoms with van der Waals surface area (Å²) < 4.78 is 0. The fraction of sp³-hybridized carbons (Fsp3) is 0.217. The molecule has 28 heavy (non-hydrogen) atoms. The lowest BCUT2D eigenvalue weighted by Crippen LogP contribution is -2.22. The summed E-state index contributed by atoms with van der Waals surface area (Å²) in [5, 5.41) is 12.7. The zero-order valence-corrected chi connectivity index (χ0v) is 16.5. The summed E-state index contributed by atoms with van der Waals surface area (Å²) >= 11 is 1.27. The summed E-state index contributed by atoms with van der Waals surface area (Å²) in [7, 11) is 0. The first-order valence-corrected chi connectivity index (χ1v) is 10.1. The van der Waals surface area contributed by atoms with E-state index in [4.69, 9.17) is 0 Å². The molecule has 1 atom stereocenters. The van der Waals surface area contributed by atoms with Crippen LogP contribution in [0.3, 0.4) is 0 Å². The normalized spacial score (nSPS) is 16.0. The molecule has 1 aliphatic rings. The predicted molar refractivity (Wildman–Crippen MR) is 112 cm³/mol. The minimum absolute atomic E-state index is 0.0858. The topological polar surface area (TPSA) is 66.4 Å². The van der Waals surface area contributed by atoms with Crippen LogP contribution >= 0.6 is 11.3 Å². The minimum Gasteiger partial charge on any atom is -0.477 e. The van der Waals surface area contributed by atoms with Gasteiger partial charge >= 0.3 is 5.97 Å². The van der Waals surface area contributed by atoms with Gasteiger partial charge in [0.25, 0.3) is 0 Å². The molecule has 0 fully saturated rings. The van der Waals surface area contributed by atoms with Crippen molar-refractivity contribution < 1.29 is 14.7 Å². The van der Waals surface area contributed by atoms with Gasteiger partial charge in [0, 0.05) is 22.8 Å². The molecule has 0 bridgehead atoms. The Labute approximate surface area is 167 Å². The number of nitrogens with one attached hydrogen (secondary N) is 1. The highest BCUT2D eigenvalue weighted by Gasteiger charge is 2.34. The van der Waals surface area contributed by atoms with Crippen molar-refractivity contribution in [3.63, 3.8) is 0 Å². The molecule has 2 aromatic carbocycles. The molecule has 142 valence electrons. The van der Waals surface area contributed by atoms with Gasteiger partial charge in [-0.1, -0.05) is 68.4 Å². The number of benzene rings is 2. The molecule has 2 N–H and O–H groups in total. The second kappa shape index (κ2) is 7.24. The maximum atomic E-state index is 12.5. The quantitative estimate of drug-likeness (QED) is 0.598. The number of carbonyl (C=O) groups is 2. The summed E-state index contributed by atoms with van der Waals surface area (Å²) in [5.41, 5.74) is 4.33. The molecular weight excluding hydrogens is 370 g/mol. The average molecular weight is 391 g/mol. The fourth-order valence-corrected chi connectivity index (χ4v) is 4.95. The van der Waals surface area contributed by atoms with E-state index < -0.39 is 5.97 Å². The smallest absolute Gasteiger partial charge is 0.346 e. The Bertz CT molecular complexity index is 1040. The number of hydrogen-bond acceptors (Lipinski definition) is 3. The molecule has 2 heterocycles. The van der Waals surface area contributed by atoms with Crippen LogP contribution in [0.4, 0.5) is 5.69 Å². The molecule has 0 saturated carbocycles. The molecule has 1 amide bonds. The Hall–Kier alpha value is -2.92. The van der Waals surface area contributed by atoms with Crippen molar-refractivity contribution in [2.24, 2.45) is 0 Å². The van der Waals surface area contributed by atoms with E-state index in [0.29, 0.717) is 23.6 Å². The number of fused-ring (bicyclic) bond motifs is 1. The van der Waals surface area contributed by atoms with E-state index in [-0.39, 0.29) is 16.7 Å². The van der Waals surface area contributed by atoms with Gasteiger partial charge in [-0.15, -0.1) is 11.3 Å². The van der Waals surface area contributed by atoms with Gasteiger partial charge in [0.2, 0.25) is 5.91 Å². The fourth-order valence-electron chi connectivity index (χ4n) is 3.70. The van der Waals surface area contributed by atoms with Crippen molar-refractivity contribution in [2.75, 3.05) is 5.32 Å². The molecule has 4 nitrogen and oxygen atoms in total. The van der Waals surface area contributed by atoms with E-state index in [1.165, 1.54) is 16.9 Å². The van der Waals surface area contributed by atoms with Crippen LogP contribution in [-0.2, 0) is 4.79 Å². The Morgan fingerprint density at radius 3 is 2.39 bits per heavy atom. The van der Waals surface area contributed by atoms with E-state index in [1.807, 2.05) is 30.3 Å². The summed E-state index contributed by atoms with van der Waals surface area (Å²) in [6, 6.07) is 17.7. The van der Waals surface area contributed by atoms with E-state index in [1.54, 1.807) is 0 Å². The summed E-state index contributed by atoms with van der Waals surface area (Å²) in [6.45, 7) is 4.29. The third-order valence-electron chi connectivity index (χ3n) is 5.17. The van der Waals surface area contributed by atoms with Gasteiger partial charge in [-0.05, 0) is 22.6 Å². The Morgan fingerprint density at radius 2 is 1.79 bits per heavy atom. The van der Waals surface area contributed by atoms with E-state index >= 15 is 0 Å². The average Bonchev–Trinajstić information content (AvgIpc) is 3.07. The van der Waals surface area contributed by atoms with Crippen LogP contribution < -0.4 is 5.32 Å². The maximum Gasteiger partial charge on any atom is 0.346 e. The number of thiophene rings is 1. The van der Waals surface area contributed by atoms with Crippen LogP contribution in [0.25, 0.3) is 11.1 Å². The molecule has 5 heteroatoms. The van der Waals surface area contributed by atoms with E-state index in [0.717, 1.165) is 16.0 Å². The monoisotopic (exact) mass is 391 g/mol. The Balaban J connectivity index is 1.87. The first-order valence-electron chi connectivity index (χ1n) is 9.30. The molecule has 4 rings (SSSR count). The molecule has 0 spiro atoms. The highest BCUT2D eigenvalue weighted by atomic mass is 32.1. The number of anilines is 1. The second-order valence-corrected chi connectivity index (χ2v) is 8.40. The summed E-state index contributed by atoms with van der Waals surface area (Å²) in [6.07, 6.45) is 0.321. The van der Waals surface area contributed by atoms with Gasteiger partial charge in [0.1, 0.15) is 4.88 Å². The van der Waals surface area contributed by atoms with Crippen molar-refractivity contribution in [3.8, 4) is 11.1 Å². The van der Waals surface area contributed by atoms with Gasteiger partial charge in [-0.25, -0.2) is 4.79 Å². The number of hydrogen-bond donors (Lipinski definition) is 2. The number of carboxylic acids is 1. The lowest BCUT2D eigenvalue weighted by molar-refractivity contribution is -0.116. The molecule has 3 aromatic rings. The van der Waals surface area contributed by atoms with E-state index in [2.05, 4.69) is 43.4 Å². The van der Waals surface area contributed by atoms with Gasteiger partial charge in [-0.2, -0.15) is 0 Å². The number of aromatic carboxylic acids is 1. The standard InChI is InChI=1S/C23H21NO3S/c1-13(2)14-8-10-15(11-9-14)17-12-18(25)24-20-19(16-6-4-3-5-7-16)22(23(26)27)28-21(17)20/h3-11,13,17H,12H2,1-2H3,(H,24,25)(H,26,27)/t17-/m0/s1. The lowest BCUT2D eigenvalue weighted by Gasteiger charge is -2.24. The summed E-state index contributed by atoms with van der Waals surface area (Å²) in [4.78, 5) is 25.6. The molecule has 1 aromatic heterocycles. The van der Waals surface area contributed by atoms with Crippen LogP contribution in [0.1, 0.15) is 57.8 Å². The number of amides is 1. The Kier molecular flexibility index (Phi) is 4.77. The van der Waals surface area contributed by atoms with Crippen LogP contribution in [0.15, 0.2) is 54.6 Å².